The van der Waals surface area contributed by atoms with Crippen LogP contribution in [-0.2, 0) is 0 Å². The van der Waals surface area contributed by atoms with E-state index in [0.717, 1.165) is 11.8 Å². The molecule has 2 atom stereocenters. The van der Waals surface area contributed by atoms with Crippen molar-refractivity contribution in [1.29, 1.82) is 0 Å². The molecule has 2 unspecified atom stereocenters. The van der Waals surface area contributed by atoms with E-state index in [1.807, 2.05) is 27.7 Å². The number of fused-ring (bicyclic) bond motifs is 2. The molecule has 1 fully saturated rings. The highest BCUT2D eigenvalue weighted by Gasteiger charge is 2.25. The van der Waals surface area contributed by atoms with Crippen molar-refractivity contribution in [2.45, 2.75) is 47.0 Å². The molecular weight excluding hydrogens is 180 g/mol. The van der Waals surface area contributed by atoms with E-state index in [9.17, 15) is 0 Å². The van der Waals surface area contributed by atoms with Gasteiger partial charge in [0.2, 0.25) is 0 Å². The zero-order valence-electron chi connectivity index (χ0n) is 10.8. The molecule has 0 heteroatoms. The lowest BCUT2D eigenvalue weighted by Crippen LogP contribution is -1.82. The first-order chi connectivity index (χ1) is 6.91. The summed E-state index contributed by atoms with van der Waals surface area (Å²) >= 11 is 0. The van der Waals surface area contributed by atoms with Crippen molar-refractivity contribution in [1.82, 2.24) is 0 Å². The average molecular weight is 206 g/mol. The Morgan fingerprint density at radius 1 is 0.867 bits per heavy atom. The van der Waals surface area contributed by atoms with Crippen molar-refractivity contribution in [3.05, 3.63) is 36.5 Å². The molecule has 0 saturated heterocycles. The van der Waals surface area contributed by atoms with Crippen LogP contribution in [0.25, 0.3) is 0 Å². The van der Waals surface area contributed by atoms with Gasteiger partial charge in [0.05, 0.1) is 0 Å². The minimum Gasteiger partial charge on any atom is -0.100 e. The van der Waals surface area contributed by atoms with Crippen molar-refractivity contribution >= 4 is 0 Å². The van der Waals surface area contributed by atoms with E-state index in [1.165, 1.54) is 30.4 Å². The van der Waals surface area contributed by atoms with E-state index in [2.05, 4.69) is 25.3 Å². The van der Waals surface area contributed by atoms with Crippen LogP contribution in [0.4, 0.5) is 0 Å². The van der Waals surface area contributed by atoms with Gasteiger partial charge in [-0.05, 0) is 58.8 Å². The molecular formula is C15H26. The normalized spacial score (nSPS) is 24.8. The summed E-state index contributed by atoms with van der Waals surface area (Å²) in [6.07, 6.45) is 9.19. The Bertz CT molecular complexity index is 200. The molecule has 0 aromatic heterocycles. The van der Waals surface area contributed by atoms with E-state index in [0.29, 0.717) is 0 Å². The molecule has 0 aromatic rings. The quantitative estimate of drug-likeness (QED) is 0.482. The lowest BCUT2D eigenvalue weighted by molar-refractivity contribution is 0.691. The molecule has 15 heavy (non-hydrogen) atoms. The number of allylic oxidation sites excluding steroid dienone is 4. The average Bonchev–Trinajstić information content (AvgIpc) is 2.62. The first-order valence-electron chi connectivity index (χ1n) is 5.84. The largest absolute Gasteiger partial charge is 0.100 e. The molecule has 0 radical (unpaired) electrons. The fourth-order valence-corrected chi connectivity index (χ4v) is 1.72. The predicted molar refractivity (Wildman–Crippen MR) is 70.9 cm³/mol. The molecule has 2 aliphatic rings. The third-order valence-electron chi connectivity index (χ3n) is 2.17. The molecule has 0 heterocycles. The van der Waals surface area contributed by atoms with Crippen molar-refractivity contribution < 1.29 is 0 Å². The third-order valence-corrected chi connectivity index (χ3v) is 2.17. The molecule has 2 aliphatic carbocycles. The standard InChI is InChI=1S/C7H10.2C4H8/c1-2-7-4-3-6(1)5-7;2*1-4(2)3/h1-2,6-7H,3-5H2;2*1H2,2-3H3. The second-order valence-electron chi connectivity index (χ2n) is 5.13. The Balaban J connectivity index is 0.000000216. The highest BCUT2D eigenvalue weighted by Crippen LogP contribution is 2.38. The lowest BCUT2D eigenvalue weighted by Gasteiger charge is -1.96. The second kappa shape index (κ2) is 7.50. The van der Waals surface area contributed by atoms with Crippen molar-refractivity contribution in [3.63, 3.8) is 0 Å². The van der Waals surface area contributed by atoms with Crippen LogP contribution in [0.3, 0.4) is 0 Å². The number of hydrogen-bond donors (Lipinski definition) is 0. The SMILES string of the molecule is C1=CC2CCC1C2.C=C(C)C.C=C(C)C. The molecule has 2 rings (SSSR count). The van der Waals surface area contributed by atoms with Crippen LogP contribution >= 0.6 is 0 Å². The van der Waals surface area contributed by atoms with Gasteiger partial charge in [-0.25, -0.2) is 0 Å². The van der Waals surface area contributed by atoms with E-state index >= 15 is 0 Å². The summed E-state index contributed by atoms with van der Waals surface area (Å²) in [6.45, 7) is 15.0. The van der Waals surface area contributed by atoms with Gasteiger partial charge in [-0.15, -0.1) is 13.2 Å². The summed E-state index contributed by atoms with van der Waals surface area (Å²) in [5.41, 5.74) is 2.33. The van der Waals surface area contributed by atoms with E-state index in [-0.39, 0.29) is 0 Å². The van der Waals surface area contributed by atoms with Crippen molar-refractivity contribution in [2.75, 3.05) is 0 Å². The van der Waals surface area contributed by atoms with Crippen LogP contribution < -0.4 is 0 Å². The summed E-state index contributed by atoms with van der Waals surface area (Å²) in [5.74, 6) is 1.98. The van der Waals surface area contributed by atoms with Gasteiger partial charge in [0.15, 0.2) is 0 Å². The molecule has 0 amide bonds. The van der Waals surface area contributed by atoms with Crippen LogP contribution in [0, 0.1) is 11.8 Å². The summed E-state index contributed by atoms with van der Waals surface area (Å²) in [6, 6.07) is 0. The summed E-state index contributed by atoms with van der Waals surface area (Å²) in [5, 5.41) is 0. The first kappa shape index (κ1) is 14.2. The third kappa shape index (κ3) is 9.52. The monoisotopic (exact) mass is 206 g/mol. The Labute approximate surface area is 95.8 Å². The highest BCUT2D eigenvalue weighted by molar-refractivity contribution is 5.06. The van der Waals surface area contributed by atoms with Crippen molar-refractivity contribution in [2.24, 2.45) is 11.8 Å². The van der Waals surface area contributed by atoms with Crippen LogP contribution in [0.5, 0.6) is 0 Å². The molecule has 2 bridgehead atoms. The van der Waals surface area contributed by atoms with E-state index in [1.54, 1.807) is 0 Å². The molecule has 0 aromatic carbocycles. The van der Waals surface area contributed by atoms with Gasteiger partial charge in [-0.3, -0.25) is 0 Å². The van der Waals surface area contributed by atoms with Gasteiger partial charge >= 0.3 is 0 Å². The smallest absolute Gasteiger partial charge is 0.0228 e. The fourth-order valence-electron chi connectivity index (χ4n) is 1.72. The Morgan fingerprint density at radius 2 is 1.13 bits per heavy atom. The summed E-state index contributed by atoms with van der Waals surface area (Å²) in [4.78, 5) is 0. The second-order valence-corrected chi connectivity index (χ2v) is 5.13. The van der Waals surface area contributed by atoms with Gasteiger partial charge in [0.1, 0.15) is 0 Å². The minimum absolute atomic E-state index is 0.991. The van der Waals surface area contributed by atoms with Gasteiger partial charge in [-0.2, -0.15) is 0 Å². The maximum Gasteiger partial charge on any atom is -0.0228 e. The molecule has 0 N–H and O–H groups in total. The molecule has 0 spiro atoms. The molecule has 0 aliphatic heterocycles. The summed E-state index contributed by atoms with van der Waals surface area (Å²) in [7, 11) is 0. The van der Waals surface area contributed by atoms with Gasteiger partial charge in [0, 0.05) is 0 Å². The van der Waals surface area contributed by atoms with Gasteiger partial charge in [-0.1, -0.05) is 23.3 Å². The van der Waals surface area contributed by atoms with Crippen LogP contribution in [0.2, 0.25) is 0 Å². The maximum absolute atomic E-state index is 3.56. The van der Waals surface area contributed by atoms with Gasteiger partial charge < -0.3 is 0 Å². The van der Waals surface area contributed by atoms with Crippen LogP contribution in [0.15, 0.2) is 36.5 Å². The van der Waals surface area contributed by atoms with Gasteiger partial charge in [0.25, 0.3) is 0 Å². The highest BCUT2D eigenvalue weighted by atomic mass is 14.3. The number of rotatable bonds is 0. The Kier molecular flexibility index (Phi) is 7.11. The zero-order valence-corrected chi connectivity index (χ0v) is 10.8. The predicted octanol–water partition coefficient (Wildman–Crippen LogP) is 5.14. The Hall–Kier alpha value is -0.780. The van der Waals surface area contributed by atoms with Crippen LogP contribution in [0.1, 0.15) is 47.0 Å². The maximum atomic E-state index is 3.56. The molecule has 86 valence electrons. The molecule has 0 nitrogen and oxygen atoms in total. The number of hydrogen-bond acceptors (Lipinski definition) is 0. The van der Waals surface area contributed by atoms with E-state index in [4.69, 9.17) is 0 Å². The Morgan fingerprint density at radius 3 is 1.20 bits per heavy atom. The van der Waals surface area contributed by atoms with E-state index < -0.39 is 0 Å². The lowest BCUT2D eigenvalue weighted by atomic mass is 10.1. The summed E-state index contributed by atoms with van der Waals surface area (Å²) < 4.78 is 0. The van der Waals surface area contributed by atoms with Crippen LogP contribution in [-0.4, -0.2) is 0 Å². The van der Waals surface area contributed by atoms with Crippen molar-refractivity contribution in [3.8, 4) is 0 Å². The topological polar surface area (TPSA) is 0 Å². The minimum atomic E-state index is 0.991. The zero-order chi connectivity index (χ0) is 11.8. The first-order valence-corrected chi connectivity index (χ1v) is 5.84. The fraction of sp³-hybridized carbons (Fsp3) is 0.600. The molecule has 1 saturated carbocycles.